The summed E-state index contributed by atoms with van der Waals surface area (Å²) in [5.74, 6) is 0.354. The zero-order chi connectivity index (χ0) is 15.0. The number of nitrogens with one attached hydrogen (secondary N) is 1. The van der Waals surface area contributed by atoms with Crippen molar-refractivity contribution in [2.75, 3.05) is 18.1 Å². The Hall–Kier alpha value is -1.21. The Balaban J connectivity index is 2.23. The number of amides is 1. The molecule has 1 amide bonds. The molecule has 0 spiro atoms. The molecule has 0 saturated heterocycles. The second kappa shape index (κ2) is 8.86. The molecule has 0 unspecified atom stereocenters. The van der Waals surface area contributed by atoms with Gasteiger partial charge in [0.25, 0.3) is 0 Å². The first-order valence-corrected chi connectivity index (χ1v) is 7.90. The Morgan fingerprint density at radius 2 is 2.25 bits per heavy atom. The van der Waals surface area contributed by atoms with Crippen LogP contribution >= 0.6 is 27.7 Å². The molecule has 0 saturated carbocycles. The van der Waals surface area contributed by atoms with Gasteiger partial charge in [-0.05, 0) is 18.2 Å². The van der Waals surface area contributed by atoms with Gasteiger partial charge < -0.3 is 15.2 Å². The van der Waals surface area contributed by atoms with Crippen molar-refractivity contribution < 1.29 is 19.4 Å². The average molecular weight is 362 g/mol. The molecule has 0 aliphatic rings. The van der Waals surface area contributed by atoms with E-state index in [-0.39, 0.29) is 5.91 Å². The summed E-state index contributed by atoms with van der Waals surface area (Å²) in [6.07, 6.45) is 0. The number of hydrogen-bond donors (Lipinski definition) is 2. The molecule has 5 nitrogen and oxygen atoms in total. The van der Waals surface area contributed by atoms with Crippen LogP contribution < -0.4 is 10.1 Å². The second-order valence-electron chi connectivity index (χ2n) is 3.97. The predicted molar refractivity (Wildman–Crippen MR) is 82.2 cm³/mol. The Kier molecular flexibility index (Phi) is 7.46. The number of carbonyl (C=O) groups excluding carboxylic acids is 1. The highest BCUT2D eigenvalue weighted by Gasteiger charge is 2.17. The normalized spacial score (nSPS) is 11.7. The Labute approximate surface area is 130 Å². The van der Waals surface area contributed by atoms with Crippen LogP contribution in [0.3, 0.4) is 0 Å². The minimum atomic E-state index is -1.03. The summed E-state index contributed by atoms with van der Waals surface area (Å²) in [5, 5.41) is 11.3. The maximum Gasteiger partial charge on any atom is 0.327 e. The topological polar surface area (TPSA) is 75.6 Å². The van der Waals surface area contributed by atoms with Gasteiger partial charge in [-0.15, -0.1) is 0 Å². The second-order valence-corrected chi connectivity index (χ2v) is 6.04. The summed E-state index contributed by atoms with van der Waals surface area (Å²) in [5.41, 5.74) is 0. The molecular weight excluding hydrogens is 346 g/mol. The maximum absolute atomic E-state index is 10.9. The molecule has 0 heterocycles. The minimum absolute atomic E-state index is 0.316. The predicted octanol–water partition coefficient (Wildman–Crippen LogP) is 2.15. The monoisotopic (exact) mass is 361 g/mol. The van der Waals surface area contributed by atoms with Crippen LogP contribution in [0.5, 0.6) is 5.75 Å². The molecule has 0 aliphatic heterocycles. The van der Waals surface area contributed by atoms with Crippen LogP contribution in [0.1, 0.15) is 6.92 Å². The fourth-order valence-electron chi connectivity index (χ4n) is 1.40. The number of thioether (sulfide) groups is 1. The SMILES string of the molecule is CC(=O)N[C@@H](CSCCOc1cccc(Br)c1)C(=O)O. The van der Waals surface area contributed by atoms with Gasteiger partial charge in [-0.3, -0.25) is 4.79 Å². The molecule has 0 aromatic heterocycles. The zero-order valence-electron chi connectivity index (χ0n) is 11.0. The van der Waals surface area contributed by atoms with Crippen LogP contribution in [0.15, 0.2) is 28.7 Å². The van der Waals surface area contributed by atoms with Gasteiger partial charge in [-0.2, -0.15) is 11.8 Å². The van der Waals surface area contributed by atoms with Gasteiger partial charge in [0, 0.05) is 22.9 Å². The van der Waals surface area contributed by atoms with E-state index in [1.165, 1.54) is 18.7 Å². The molecule has 1 rings (SSSR count). The van der Waals surface area contributed by atoms with Crippen molar-refractivity contribution >= 4 is 39.6 Å². The molecule has 7 heteroatoms. The number of carbonyl (C=O) groups is 2. The average Bonchev–Trinajstić information content (AvgIpc) is 2.36. The van der Waals surface area contributed by atoms with Crippen LogP contribution in [0.2, 0.25) is 0 Å². The molecule has 0 bridgehead atoms. The number of ether oxygens (including phenoxy) is 1. The van der Waals surface area contributed by atoms with E-state index in [1.807, 2.05) is 24.3 Å². The summed E-state index contributed by atoms with van der Waals surface area (Å²) in [6, 6.07) is 6.65. The van der Waals surface area contributed by atoms with Gasteiger partial charge in [0.15, 0.2) is 0 Å². The fourth-order valence-corrected chi connectivity index (χ4v) is 2.60. The molecule has 0 fully saturated rings. The van der Waals surface area contributed by atoms with Gasteiger partial charge in [-0.1, -0.05) is 22.0 Å². The number of benzene rings is 1. The van der Waals surface area contributed by atoms with E-state index >= 15 is 0 Å². The zero-order valence-corrected chi connectivity index (χ0v) is 13.4. The van der Waals surface area contributed by atoms with Gasteiger partial charge in [0.1, 0.15) is 11.8 Å². The third kappa shape index (κ3) is 6.81. The summed E-state index contributed by atoms with van der Waals surface area (Å²) in [4.78, 5) is 21.7. The molecule has 110 valence electrons. The number of rotatable bonds is 8. The molecule has 1 aromatic carbocycles. The van der Waals surface area contributed by atoms with Crippen LogP contribution in [-0.4, -0.2) is 41.1 Å². The third-order valence-electron chi connectivity index (χ3n) is 2.25. The summed E-state index contributed by atoms with van der Waals surface area (Å²) in [6.45, 7) is 1.78. The Morgan fingerprint density at radius 1 is 1.50 bits per heavy atom. The molecule has 0 aliphatic carbocycles. The molecule has 1 aromatic rings. The lowest BCUT2D eigenvalue weighted by molar-refractivity contribution is -0.140. The number of carboxylic acid groups (broad SMARTS) is 1. The largest absolute Gasteiger partial charge is 0.493 e. The van der Waals surface area contributed by atoms with Crippen LogP contribution in [0.25, 0.3) is 0 Å². The quantitative estimate of drug-likeness (QED) is 0.693. The standard InChI is InChI=1S/C13H16BrNO4S/c1-9(16)15-12(13(17)18)8-20-6-5-19-11-4-2-3-10(14)7-11/h2-4,7,12H,5-6,8H2,1H3,(H,15,16)(H,17,18)/t12-/m0/s1. The first kappa shape index (κ1) is 16.8. The van der Waals surface area contributed by atoms with Crippen molar-refractivity contribution in [3.8, 4) is 5.75 Å². The number of carboxylic acids is 1. The van der Waals surface area contributed by atoms with Gasteiger partial charge in [0.05, 0.1) is 6.61 Å². The van der Waals surface area contributed by atoms with E-state index in [0.717, 1.165) is 10.2 Å². The molecule has 20 heavy (non-hydrogen) atoms. The van der Waals surface area contributed by atoms with Gasteiger partial charge in [-0.25, -0.2) is 4.79 Å². The van der Waals surface area contributed by atoms with E-state index in [1.54, 1.807) is 0 Å². The van der Waals surface area contributed by atoms with E-state index in [9.17, 15) is 9.59 Å². The molecular formula is C13H16BrNO4S. The van der Waals surface area contributed by atoms with E-state index in [0.29, 0.717) is 18.1 Å². The third-order valence-corrected chi connectivity index (χ3v) is 3.77. The van der Waals surface area contributed by atoms with Crippen LogP contribution in [0.4, 0.5) is 0 Å². The van der Waals surface area contributed by atoms with Gasteiger partial charge in [0.2, 0.25) is 5.91 Å². The lowest BCUT2D eigenvalue weighted by Gasteiger charge is -2.12. The lowest BCUT2D eigenvalue weighted by atomic mass is 10.3. The van der Waals surface area contributed by atoms with Crippen molar-refractivity contribution in [2.45, 2.75) is 13.0 Å². The Morgan fingerprint density at radius 3 is 2.85 bits per heavy atom. The number of halogens is 1. The summed E-state index contributed by atoms with van der Waals surface area (Å²) < 4.78 is 6.47. The molecule has 1 atom stereocenters. The number of aliphatic carboxylic acids is 1. The first-order chi connectivity index (χ1) is 9.49. The van der Waals surface area contributed by atoms with Crippen molar-refractivity contribution in [2.24, 2.45) is 0 Å². The maximum atomic E-state index is 10.9. The van der Waals surface area contributed by atoms with E-state index in [4.69, 9.17) is 9.84 Å². The highest BCUT2D eigenvalue weighted by atomic mass is 79.9. The van der Waals surface area contributed by atoms with E-state index in [2.05, 4.69) is 21.2 Å². The highest BCUT2D eigenvalue weighted by molar-refractivity contribution is 9.10. The lowest BCUT2D eigenvalue weighted by Crippen LogP contribution is -2.41. The van der Waals surface area contributed by atoms with Gasteiger partial charge >= 0.3 is 5.97 Å². The minimum Gasteiger partial charge on any atom is -0.493 e. The smallest absolute Gasteiger partial charge is 0.327 e. The van der Waals surface area contributed by atoms with Crippen molar-refractivity contribution in [3.05, 3.63) is 28.7 Å². The van der Waals surface area contributed by atoms with Crippen molar-refractivity contribution in [1.82, 2.24) is 5.32 Å². The summed E-state index contributed by atoms with van der Waals surface area (Å²) in [7, 11) is 0. The van der Waals surface area contributed by atoms with Crippen LogP contribution in [-0.2, 0) is 9.59 Å². The van der Waals surface area contributed by atoms with Crippen molar-refractivity contribution in [3.63, 3.8) is 0 Å². The Bertz CT molecular complexity index is 469. The first-order valence-electron chi connectivity index (χ1n) is 5.95. The van der Waals surface area contributed by atoms with E-state index < -0.39 is 12.0 Å². The molecule has 2 N–H and O–H groups in total. The van der Waals surface area contributed by atoms with Crippen molar-refractivity contribution in [1.29, 1.82) is 0 Å². The summed E-state index contributed by atoms with van der Waals surface area (Å²) >= 11 is 4.77. The fraction of sp³-hybridized carbons (Fsp3) is 0.385. The highest BCUT2D eigenvalue weighted by Crippen LogP contribution is 2.18. The van der Waals surface area contributed by atoms with Crippen LogP contribution in [0, 0.1) is 0 Å². The molecule has 0 radical (unpaired) electrons. The number of hydrogen-bond acceptors (Lipinski definition) is 4.